The topological polar surface area (TPSA) is 88.1 Å². The van der Waals surface area contributed by atoms with E-state index in [9.17, 15) is 14.7 Å². The number of nitrogens with zero attached hydrogens (tertiary/aromatic N) is 1. The van der Waals surface area contributed by atoms with Gasteiger partial charge in [-0.3, -0.25) is 4.79 Å². The highest BCUT2D eigenvalue weighted by molar-refractivity contribution is 6.09. The molecule has 0 saturated carbocycles. The summed E-state index contributed by atoms with van der Waals surface area (Å²) >= 11 is 0. The highest BCUT2D eigenvalue weighted by atomic mass is 16.5. The van der Waals surface area contributed by atoms with Crippen molar-refractivity contribution in [2.45, 2.75) is 38.7 Å². The van der Waals surface area contributed by atoms with Crippen LogP contribution in [0.2, 0.25) is 0 Å². The molecule has 0 spiro atoms. The lowest BCUT2D eigenvalue weighted by molar-refractivity contribution is 0.0698. The molecule has 4 rings (SSSR count). The molecule has 3 aromatic carbocycles. The zero-order valence-electron chi connectivity index (χ0n) is 21.4. The first kappa shape index (κ1) is 26.2. The molecule has 2 N–H and O–H groups in total. The number of carboxylic acid groups (broad SMARTS) is 1. The Bertz CT molecular complexity index is 1220. The maximum absolute atomic E-state index is 13.5. The van der Waals surface area contributed by atoms with Gasteiger partial charge >= 0.3 is 5.97 Å². The highest BCUT2D eigenvalue weighted by Gasteiger charge is 2.21. The van der Waals surface area contributed by atoms with E-state index in [2.05, 4.69) is 24.2 Å². The van der Waals surface area contributed by atoms with Crippen molar-refractivity contribution in [3.05, 3.63) is 77.9 Å². The molecule has 0 bridgehead atoms. The van der Waals surface area contributed by atoms with Crippen molar-refractivity contribution in [1.82, 2.24) is 4.90 Å². The fraction of sp³-hybridized carbons (Fsp3) is 0.333. The molecule has 1 aliphatic heterocycles. The molecule has 7 nitrogen and oxygen atoms in total. The van der Waals surface area contributed by atoms with Gasteiger partial charge in [0.05, 0.1) is 23.4 Å². The lowest BCUT2D eigenvalue weighted by atomic mass is 10.0. The van der Waals surface area contributed by atoms with Gasteiger partial charge in [-0.2, -0.15) is 0 Å². The first-order valence-electron chi connectivity index (χ1n) is 12.8. The van der Waals surface area contributed by atoms with E-state index in [-0.39, 0.29) is 17.4 Å². The number of anilines is 1. The Kier molecular flexibility index (Phi) is 8.80. The Balaban J connectivity index is 1.62. The van der Waals surface area contributed by atoms with Crippen LogP contribution in [-0.4, -0.2) is 54.7 Å². The third kappa shape index (κ3) is 6.89. The molecule has 1 heterocycles. The van der Waals surface area contributed by atoms with Gasteiger partial charge < -0.3 is 24.8 Å². The number of ether oxygens (including phenoxy) is 2. The van der Waals surface area contributed by atoms with Gasteiger partial charge in [0.25, 0.3) is 5.91 Å². The second kappa shape index (κ2) is 12.4. The third-order valence-electron chi connectivity index (χ3n) is 6.52. The summed E-state index contributed by atoms with van der Waals surface area (Å²) in [5.41, 5.74) is 2.27. The van der Waals surface area contributed by atoms with E-state index < -0.39 is 11.9 Å². The quantitative estimate of drug-likeness (QED) is 0.333. The summed E-state index contributed by atoms with van der Waals surface area (Å²) in [6, 6.07) is 19.8. The summed E-state index contributed by atoms with van der Waals surface area (Å²) in [6.07, 6.45) is 3.74. The Morgan fingerprint density at radius 2 is 1.73 bits per heavy atom. The lowest BCUT2D eigenvalue weighted by Gasteiger charge is -2.29. The fourth-order valence-electron chi connectivity index (χ4n) is 4.34. The van der Waals surface area contributed by atoms with Crippen LogP contribution in [0, 0.1) is 0 Å². The minimum absolute atomic E-state index is 0.0141. The van der Waals surface area contributed by atoms with E-state index in [0.717, 1.165) is 49.9 Å². The van der Waals surface area contributed by atoms with Crippen molar-refractivity contribution in [2.75, 3.05) is 32.1 Å². The van der Waals surface area contributed by atoms with Crippen molar-refractivity contribution >= 4 is 17.6 Å². The number of rotatable bonds is 10. The maximum atomic E-state index is 13.5. The van der Waals surface area contributed by atoms with E-state index >= 15 is 0 Å². The van der Waals surface area contributed by atoms with E-state index in [1.54, 1.807) is 24.3 Å². The van der Waals surface area contributed by atoms with Gasteiger partial charge in [0.2, 0.25) is 0 Å². The van der Waals surface area contributed by atoms with E-state index in [1.165, 1.54) is 6.07 Å². The SMILES string of the molecule is CCCCOc1ccc(OC2CCN(C)CC2)cc1C(=O)Nc1cc(-c2ccccc2)ccc1C(=O)O. The molecule has 0 aliphatic carbocycles. The molecule has 0 unspecified atom stereocenters. The smallest absolute Gasteiger partial charge is 0.337 e. The number of carbonyl (C=O) groups excluding carboxylic acids is 1. The van der Waals surface area contributed by atoms with Crippen LogP contribution in [0.15, 0.2) is 66.7 Å². The highest BCUT2D eigenvalue weighted by Crippen LogP contribution is 2.30. The Labute approximate surface area is 218 Å². The van der Waals surface area contributed by atoms with Crippen LogP contribution in [0.5, 0.6) is 11.5 Å². The summed E-state index contributed by atoms with van der Waals surface area (Å²) in [4.78, 5) is 27.7. The van der Waals surface area contributed by atoms with Crippen LogP contribution in [0.3, 0.4) is 0 Å². The second-order valence-electron chi connectivity index (χ2n) is 9.37. The van der Waals surface area contributed by atoms with Crippen LogP contribution in [0.1, 0.15) is 53.3 Å². The number of amides is 1. The lowest BCUT2D eigenvalue weighted by Crippen LogP contribution is -2.35. The number of aromatic carboxylic acids is 1. The number of benzene rings is 3. The number of likely N-dealkylation sites (tertiary alicyclic amines) is 1. The number of unbranched alkanes of at least 4 members (excludes halogenated alkanes) is 1. The normalized spacial score (nSPS) is 14.2. The molecule has 0 aromatic heterocycles. The molecule has 1 fully saturated rings. The van der Waals surface area contributed by atoms with E-state index in [1.807, 2.05) is 36.4 Å². The molecular formula is C30H34N2O5. The van der Waals surface area contributed by atoms with Gasteiger partial charge in [0.15, 0.2) is 0 Å². The molecular weight excluding hydrogens is 468 g/mol. The van der Waals surface area contributed by atoms with Crippen molar-refractivity contribution in [3.8, 4) is 22.6 Å². The van der Waals surface area contributed by atoms with Crippen molar-refractivity contribution in [3.63, 3.8) is 0 Å². The second-order valence-corrected chi connectivity index (χ2v) is 9.37. The molecule has 0 atom stereocenters. The van der Waals surface area contributed by atoms with Crippen LogP contribution in [0.4, 0.5) is 5.69 Å². The molecule has 37 heavy (non-hydrogen) atoms. The van der Waals surface area contributed by atoms with Gasteiger partial charge in [0, 0.05) is 13.1 Å². The van der Waals surface area contributed by atoms with Crippen LogP contribution < -0.4 is 14.8 Å². The van der Waals surface area contributed by atoms with Gasteiger partial charge in [-0.05, 0) is 67.8 Å². The molecule has 1 saturated heterocycles. The fourth-order valence-corrected chi connectivity index (χ4v) is 4.34. The van der Waals surface area contributed by atoms with Gasteiger partial charge in [-0.1, -0.05) is 49.7 Å². The molecule has 1 aliphatic rings. The predicted molar refractivity (Wildman–Crippen MR) is 145 cm³/mol. The average molecular weight is 503 g/mol. The van der Waals surface area contributed by atoms with Gasteiger partial charge in [-0.15, -0.1) is 0 Å². The molecule has 1 amide bonds. The monoisotopic (exact) mass is 502 g/mol. The van der Waals surface area contributed by atoms with E-state index in [4.69, 9.17) is 9.47 Å². The standard InChI is InChI=1S/C30H34N2O5/c1-3-4-18-36-28-13-11-24(37-23-14-16-32(2)17-15-23)20-26(28)29(33)31-27-19-22(10-12-25(27)30(34)35)21-8-6-5-7-9-21/h5-13,19-20,23H,3-4,14-18H2,1-2H3,(H,31,33)(H,34,35). The predicted octanol–water partition coefficient (Wildman–Crippen LogP) is 5.96. The van der Waals surface area contributed by atoms with Crippen LogP contribution in [0.25, 0.3) is 11.1 Å². The minimum atomic E-state index is -1.12. The van der Waals surface area contributed by atoms with Crippen LogP contribution in [-0.2, 0) is 0 Å². The summed E-state index contributed by atoms with van der Waals surface area (Å²) in [5.74, 6) is -0.529. The Morgan fingerprint density at radius 1 is 0.973 bits per heavy atom. The van der Waals surface area contributed by atoms with Crippen LogP contribution >= 0.6 is 0 Å². The Morgan fingerprint density at radius 3 is 2.43 bits per heavy atom. The number of piperidine rings is 1. The van der Waals surface area contributed by atoms with Gasteiger partial charge in [0.1, 0.15) is 17.6 Å². The maximum Gasteiger partial charge on any atom is 0.337 e. The Hall–Kier alpha value is -3.84. The summed E-state index contributed by atoms with van der Waals surface area (Å²) < 4.78 is 12.1. The number of nitrogens with one attached hydrogen (secondary N) is 1. The molecule has 3 aromatic rings. The molecule has 7 heteroatoms. The van der Waals surface area contributed by atoms with Crippen molar-refractivity contribution in [2.24, 2.45) is 0 Å². The number of hydrogen-bond acceptors (Lipinski definition) is 5. The molecule has 194 valence electrons. The van der Waals surface area contributed by atoms with Crippen molar-refractivity contribution < 1.29 is 24.2 Å². The minimum Gasteiger partial charge on any atom is -0.493 e. The number of carboxylic acids is 1. The van der Waals surface area contributed by atoms with E-state index in [0.29, 0.717) is 23.7 Å². The number of hydrogen-bond donors (Lipinski definition) is 2. The average Bonchev–Trinajstić information content (AvgIpc) is 2.91. The first-order valence-corrected chi connectivity index (χ1v) is 12.8. The largest absolute Gasteiger partial charge is 0.493 e. The summed E-state index contributed by atoms with van der Waals surface area (Å²) in [7, 11) is 2.10. The zero-order valence-corrected chi connectivity index (χ0v) is 21.4. The summed E-state index contributed by atoms with van der Waals surface area (Å²) in [6.45, 7) is 4.48. The molecule has 0 radical (unpaired) electrons. The van der Waals surface area contributed by atoms with Crippen molar-refractivity contribution in [1.29, 1.82) is 0 Å². The third-order valence-corrected chi connectivity index (χ3v) is 6.52. The zero-order chi connectivity index (χ0) is 26.2. The number of carbonyl (C=O) groups is 2. The van der Waals surface area contributed by atoms with Gasteiger partial charge in [-0.25, -0.2) is 4.79 Å². The first-order chi connectivity index (χ1) is 17.9. The summed E-state index contributed by atoms with van der Waals surface area (Å²) in [5, 5.41) is 12.6.